The van der Waals surface area contributed by atoms with Gasteiger partial charge in [0.05, 0.1) is 5.54 Å². The van der Waals surface area contributed by atoms with Crippen molar-refractivity contribution in [3.8, 4) is 0 Å². The van der Waals surface area contributed by atoms with E-state index in [1.165, 1.54) is 0 Å². The molecular formula is C7H13N3O. The van der Waals surface area contributed by atoms with Crippen LogP contribution < -0.4 is 5.32 Å². The molecule has 2 aliphatic heterocycles. The lowest BCUT2D eigenvalue weighted by atomic mass is 9.92. The highest BCUT2D eigenvalue weighted by Gasteiger charge is 2.50. The van der Waals surface area contributed by atoms with Gasteiger partial charge in [0.1, 0.15) is 0 Å². The summed E-state index contributed by atoms with van der Waals surface area (Å²) in [6.07, 6.45) is 0. The molecule has 0 radical (unpaired) electrons. The van der Waals surface area contributed by atoms with E-state index in [4.69, 9.17) is 0 Å². The van der Waals surface area contributed by atoms with Crippen LogP contribution in [0.1, 0.15) is 0 Å². The van der Waals surface area contributed by atoms with Gasteiger partial charge in [0.2, 0.25) is 0 Å². The van der Waals surface area contributed by atoms with Crippen LogP contribution in [0.3, 0.4) is 0 Å². The van der Waals surface area contributed by atoms with Crippen molar-refractivity contribution < 1.29 is 4.79 Å². The molecular weight excluding hydrogens is 142 g/mol. The van der Waals surface area contributed by atoms with Crippen molar-refractivity contribution in [1.82, 2.24) is 15.1 Å². The summed E-state index contributed by atoms with van der Waals surface area (Å²) in [6.45, 7) is 2.76. The summed E-state index contributed by atoms with van der Waals surface area (Å²) in [7, 11) is 3.73. The van der Waals surface area contributed by atoms with Gasteiger partial charge >= 0.3 is 6.03 Å². The molecule has 0 aromatic heterocycles. The highest BCUT2D eigenvalue weighted by molar-refractivity contribution is 5.78. The molecule has 0 bridgehead atoms. The second-order valence-corrected chi connectivity index (χ2v) is 3.53. The molecule has 0 aromatic carbocycles. The van der Waals surface area contributed by atoms with Gasteiger partial charge in [-0.1, -0.05) is 0 Å². The quantitative estimate of drug-likeness (QED) is 0.503. The Morgan fingerprint density at radius 3 is 2.27 bits per heavy atom. The van der Waals surface area contributed by atoms with E-state index < -0.39 is 0 Å². The highest BCUT2D eigenvalue weighted by atomic mass is 16.2. The van der Waals surface area contributed by atoms with Crippen LogP contribution in [0.2, 0.25) is 0 Å². The molecule has 62 valence electrons. The molecule has 0 saturated carbocycles. The zero-order chi connectivity index (χ0) is 8.06. The third kappa shape index (κ3) is 0.701. The van der Waals surface area contributed by atoms with Gasteiger partial charge in [-0.2, -0.15) is 0 Å². The monoisotopic (exact) mass is 155 g/mol. The number of carbonyl (C=O) groups excluding carboxylic acids is 1. The first-order valence-corrected chi connectivity index (χ1v) is 3.85. The van der Waals surface area contributed by atoms with Gasteiger partial charge in [-0.15, -0.1) is 0 Å². The fourth-order valence-corrected chi connectivity index (χ4v) is 1.84. The Morgan fingerprint density at radius 1 is 1.45 bits per heavy atom. The predicted molar refractivity (Wildman–Crippen MR) is 41.4 cm³/mol. The molecule has 1 N–H and O–H groups in total. The van der Waals surface area contributed by atoms with Crippen LogP contribution in [-0.2, 0) is 0 Å². The van der Waals surface area contributed by atoms with Crippen molar-refractivity contribution in [2.45, 2.75) is 5.54 Å². The minimum Gasteiger partial charge on any atom is -0.325 e. The summed E-state index contributed by atoms with van der Waals surface area (Å²) >= 11 is 0. The first-order chi connectivity index (χ1) is 5.16. The number of nitrogens with zero attached hydrogens (tertiary/aromatic N) is 2. The van der Waals surface area contributed by atoms with E-state index in [0.717, 1.165) is 19.6 Å². The molecule has 0 unspecified atom stereocenters. The van der Waals surface area contributed by atoms with Gasteiger partial charge in [-0.3, -0.25) is 0 Å². The molecule has 0 aliphatic carbocycles. The highest BCUT2D eigenvalue weighted by Crippen LogP contribution is 2.27. The van der Waals surface area contributed by atoms with E-state index in [1.54, 1.807) is 4.90 Å². The van der Waals surface area contributed by atoms with Gasteiger partial charge in [0.25, 0.3) is 0 Å². The average molecular weight is 155 g/mol. The van der Waals surface area contributed by atoms with E-state index in [-0.39, 0.29) is 11.6 Å². The van der Waals surface area contributed by atoms with Crippen molar-refractivity contribution >= 4 is 6.03 Å². The first kappa shape index (κ1) is 6.91. The van der Waals surface area contributed by atoms with Gasteiger partial charge in [-0.25, -0.2) is 4.79 Å². The number of likely N-dealkylation sites (N-methyl/N-ethyl adjacent to an activating group) is 2. The zero-order valence-corrected chi connectivity index (χ0v) is 6.92. The predicted octanol–water partition coefficient (Wildman–Crippen LogP) is -0.674. The summed E-state index contributed by atoms with van der Waals surface area (Å²) < 4.78 is 0. The number of rotatable bonds is 0. The third-order valence-corrected chi connectivity index (χ3v) is 2.76. The van der Waals surface area contributed by atoms with Crippen LogP contribution in [-0.4, -0.2) is 55.1 Å². The van der Waals surface area contributed by atoms with E-state index in [0.29, 0.717) is 0 Å². The van der Waals surface area contributed by atoms with Crippen LogP contribution in [0.25, 0.3) is 0 Å². The van der Waals surface area contributed by atoms with Crippen molar-refractivity contribution in [3.63, 3.8) is 0 Å². The molecule has 2 heterocycles. The lowest BCUT2D eigenvalue weighted by molar-refractivity contribution is 0.129. The summed E-state index contributed by atoms with van der Waals surface area (Å²) in [5.41, 5.74) is 0.117. The van der Waals surface area contributed by atoms with E-state index in [2.05, 4.69) is 5.32 Å². The normalized spacial score (nSPS) is 28.0. The standard InChI is InChI=1S/C7H13N3O/c1-9-5-7(3-8-4-7)10(2)6(9)11/h8H,3-5H2,1-2H3. The van der Waals surface area contributed by atoms with Crippen LogP contribution in [0.5, 0.6) is 0 Å². The molecule has 2 rings (SSSR count). The Labute approximate surface area is 66.1 Å². The molecule has 0 atom stereocenters. The van der Waals surface area contributed by atoms with Gasteiger partial charge in [0, 0.05) is 33.7 Å². The smallest absolute Gasteiger partial charge is 0.320 e. The maximum absolute atomic E-state index is 11.3. The number of nitrogens with one attached hydrogen (secondary N) is 1. The fraction of sp³-hybridized carbons (Fsp3) is 0.857. The topological polar surface area (TPSA) is 35.6 Å². The number of amides is 2. The minimum atomic E-state index is 0.117. The van der Waals surface area contributed by atoms with Crippen molar-refractivity contribution in [1.29, 1.82) is 0 Å². The second-order valence-electron chi connectivity index (χ2n) is 3.53. The number of hydrogen-bond donors (Lipinski definition) is 1. The van der Waals surface area contributed by atoms with Crippen LogP contribution in [0, 0.1) is 0 Å². The fourth-order valence-electron chi connectivity index (χ4n) is 1.84. The van der Waals surface area contributed by atoms with E-state index in [1.807, 2.05) is 19.0 Å². The van der Waals surface area contributed by atoms with E-state index >= 15 is 0 Å². The zero-order valence-electron chi connectivity index (χ0n) is 6.92. The Hall–Kier alpha value is -0.770. The van der Waals surface area contributed by atoms with Gasteiger partial charge < -0.3 is 15.1 Å². The summed E-state index contributed by atoms with van der Waals surface area (Å²) in [5.74, 6) is 0. The Bertz CT molecular complexity index is 200. The molecule has 4 heteroatoms. The van der Waals surface area contributed by atoms with Crippen molar-refractivity contribution in [2.75, 3.05) is 33.7 Å². The largest absolute Gasteiger partial charge is 0.325 e. The Morgan fingerprint density at radius 2 is 2.09 bits per heavy atom. The van der Waals surface area contributed by atoms with Crippen LogP contribution >= 0.6 is 0 Å². The van der Waals surface area contributed by atoms with Crippen molar-refractivity contribution in [3.05, 3.63) is 0 Å². The maximum Gasteiger partial charge on any atom is 0.320 e. The average Bonchev–Trinajstić information content (AvgIpc) is 2.12. The second kappa shape index (κ2) is 1.88. The van der Waals surface area contributed by atoms with Gasteiger partial charge in [0.15, 0.2) is 0 Å². The minimum absolute atomic E-state index is 0.117. The molecule has 2 fully saturated rings. The lowest BCUT2D eigenvalue weighted by Gasteiger charge is -2.43. The number of urea groups is 1. The first-order valence-electron chi connectivity index (χ1n) is 3.85. The Kier molecular flexibility index (Phi) is 1.18. The summed E-state index contributed by atoms with van der Waals surface area (Å²) in [5, 5.41) is 3.19. The van der Waals surface area contributed by atoms with Crippen molar-refractivity contribution in [2.24, 2.45) is 0 Å². The van der Waals surface area contributed by atoms with Crippen LogP contribution in [0.15, 0.2) is 0 Å². The SMILES string of the molecule is CN1CC2(CNC2)N(C)C1=O. The molecule has 2 amide bonds. The Balaban J connectivity index is 2.20. The molecule has 2 saturated heterocycles. The molecule has 2 aliphatic rings. The summed E-state index contributed by atoms with van der Waals surface area (Å²) in [6, 6.07) is 0.145. The molecule has 1 spiro atoms. The number of carbonyl (C=O) groups is 1. The number of hydrogen-bond acceptors (Lipinski definition) is 2. The lowest BCUT2D eigenvalue weighted by Crippen LogP contribution is -2.67. The molecule has 0 aromatic rings. The maximum atomic E-state index is 11.3. The summed E-state index contributed by atoms with van der Waals surface area (Å²) in [4.78, 5) is 15.0. The van der Waals surface area contributed by atoms with E-state index in [9.17, 15) is 4.79 Å². The third-order valence-electron chi connectivity index (χ3n) is 2.76. The van der Waals surface area contributed by atoms with Crippen LogP contribution in [0.4, 0.5) is 4.79 Å². The van der Waals surface area contributed by atoms with Gasteiger partial charge in [-0.05, 0) is 0 Å². The molecule has 4 nitrogen and oxygen atoms in total. The molecule has 11 heavy (non-hydrogen) atoms.